The van der Waals surface area contributed by atoms with Crippen LogP contribution in [0.3, 0.4) is 0 Å². The van der Waals surface area contributed by atoms with Crippen LogP contribution in [0.4, 0.5) is 4.79 Å². The number of carbonyl (C=O) groups is 2. The van der Waals surface area contributed by atoms with Crippen LogP contribution in [-0.4, -0.2) is 67.1 Å². The molecule has 4 aromatic rings. The Labute approximate surface area is 232 Å². The summed E-state index contributed by atoms with van der Waals surface area (Å²) in [5, 5.41) is 10.6. The van der Waals surface area contributed by atoms with Crippen molar-refractivity contribution in [3.05, 3.63) is 77.9 Å². The number of ketones is 1. The van der Waals surface area contributed by atoms with Gasteiger partial charge in [0.2, 0.25) is 0 Å². The quantitative estimate of drug-likeness (QED) is 0.258. The lowest BCUT2D eigenvalue weighted by Crippen LogP contribution is -2.33. The predicted octanol–water partition coefficient (Wildman–Crippen LogP) is 6.43. The molecule has 39 heavy (non-hydrogen) atoms. The van der Waals surface area contributed by atoms with Crippen LogP contribution >= 0.6 is 11.3 Å². The van der Waals surface area contributed by atoms with Crippen molar-refractivity contribution >= 4 is 33.3 Å². The minimum absolute atomic E-state index is 0.109. The second-order valence-electron chi connectivity index (χ2n) is 9.88. The number of aromatic hydroxyl groups is 1. The molecule has 0 aliphatic carbocycles. The number of hydrogen-bond donors (Lipinski definition) is 1. The molecule has 0 unspecified atom stereocenters. The molecule has 5 rings (SSSR count). The van der Waals surface area contributed by atoms with E-state index in [-0.39, 0.29) is 11.5 Å². The van der Waals surface area contributed by atoms with Crippen LogP contribution in [0, 0.1) is 0 Å². The van der Waals surface area contributed by atoms with Gasteiger partial charge in [-0.15, -0.1) is 11.3 Å². The Morgan fingerprint density at radius 1 is 0.923 bits per heavy atom. The zero-order valence-corrected chi connectivity index (χ0v) is 23.0. The number of fused-ring (bicyclic) bond motifs is 1. The fourth-order valence-corrected chi connectivity index (χ4v) is 5.93. The van der Waals surface area contributed by atoms with Gasteiger partial charge in [0.25, 0.3) is 0 Å². The van der Waals surface area contributed by atoms with Gasteiger partial charge in [-0.3, -0.25) is 9.69 Å². The summed E-state index contributed by atoms with van der Waals surface area (Å²) in [6.07, 6.45) is 3.34. The molecule has 0 spiro atoms. The molecule has 3 aromatic carbocycles. The van der Waals surface area contributed by atoms with Gasteiger partial charge in [0.05, 0.1) is 0 Å². The van der Waals surface area contributed by atoms with Crippen molar-refractivity contribution in [1.29, 1.82) is 0 Å². The minimum Gasteiger partial charge on any atom is -0.508 e. The number of nitrogens with zero attached hydrogens (tertiary/aromatic N) is 2. The number of benzene rings is 3. The van der Waals surface area contributed by atoms with Crippen molar-refractivity contribution in [3.8, 4) is 27.7 Å². The molecule has 1 aliphatic rings. The lowest BCUT2D eigenvalue weighted by Gasteiger charge is -2.26. The topological polar surface area (TPSA) is 79.3 Å². The van der Waals surface area contributed by atoms with Gasteiger partial charge in [0.15, 0.2) is 5.78 Å². The first-order chi connectivity index (χ1) is 18.9. The number of hydrogen-bond acceptors (Lipinski definition) is 7. The van der Waals surface area contributed by atoms with Gasteiger partial charge in [-0.05, 0) is 98.2 Å². The van der Waals surface area contributed by atoms with Crippen molar-refractivity contribution in [2.45, 2.75) is 19.3 Å². The van der Waals surface area contributed by atoms with E-state index in [0.717, 1.165) is 45.9 Å². The lowest BCUT2D eigenvalue weighted by atomic mass is 9.97. The van der Waals surface area contributed by atoms with E-state index in [9.17, 15) is 14.7 Å². The van der Waals surface area contributed by atoms with Crippen molar-refractivity contribution < 1.29 is 24.2 Å². The molecule has 7 nitrogen and oxygen atoms in total. The Balaban J connectivity index is 1.41. The number of carbonyl (C=O) groups excluding carboxylic acids is 2. The molecule has 1 amide bonds. The van der Waals surface area contributed by atoms with Crippen LogP contribution in [0.2, 0.25) is 0 Å². The Bertz CT molecular complexity index is 1460. The van der Waals surface area contributed by atoms with E-state index in [1.54, 1.807) is 62.6 Å². The molecule has 1 fully saturated rings. The van der Waals surface area contributed by atoms with Crippen molar-refractivity contribution in [1.82, 2.24) is 9.80 Å². The highest BCUT2D eigenvalue weighted by Crippen LogP contribution is 2.41. The van der Waals surface area contributed by atoms with Gasteiger partial charge in [-0.25, -0.2) is 4.79 Å². The average Bonchev–Trinajstić information content (AvgIpc) is 3.32. The molecule has 0 saturated carbocycles. The van der Waals surface area contributed by atoms with Crippen LogP contribution in [-0.2, 0) is 0 Å². The number of rotatable bonds is 8. The summed E-state index contributed by atoms with van der Waals surface area (Å²) < 4.78 is 12.2. The average molecular weight is 545 g/mol. The van der Waals surface area contributed by atoms with Gasteiger partial charge >= 0.3 is 6.09 Å². The van der Waals surface area contributed by atoms with E-state index in [1.807, 2.05) is 18.2 Å². The van der Waals surface area contributed by atoms with Crippen molar-refractivity contribution in [2.75, 3.05) is 40.3 Å². The summed E-state index contributed by atoms with van der Waals surface area (Å²) in [7, 11) is 3.24. The van der Waals surface area contributed by atoms with E-state index in [0.29, 0.717) is 23.5 Å². The second kappa shape index (κ2) is 11.9. The van der Waals surface area contributed by atoms with E-state index in [2.05, 4.69) is 4.90 Å². The molecule has 1 aliphatic heterocycles. The molecule has 0 radical (unpaired) electrons. The van der Waals surface area contributed by atoms with E-state index in [4.69, 9.17) is 9.47 Å². The van der Waals surface area contributed by atoms with Crippen LogP contribution in [0.25, 0.3) is 20.5 Å². The predicted molar refractivity (Wildman–Crippen MR) is 154 cm³/mol. The molecular weight excluding hydrogens is 512 g/mol. The molecule has 202 valence electrons. The summed E-state index contributed by atoms with van der Waals surface area (Å²) in [6.45, 7) is 3.79. The van der Waals surface area contributed by atoms with Crippen LogP contribution in [0.1, 0.15) is 35.2 Å². The van der Waals surface area contributed by atoms with E-state index in [1.165, 1.54) is 35.5 Å². The first-order valence-electron chi connectivity index (χ1n) is 13.1. The number of amides is 1. The number of piperidine rings is 1. The van der Waals surface area contributed by atoms with E-state index < -0.39 is 6.09 Å². The number of likely N-dealkylation sites (tertiary alicyclic amines) is 1. The Hall–Kier alpha value is -3.88. The molecule has 0 bridgehead atoms. The number of thiophene rings is 1. The third kappa shape index (κ3) is 6.24. The zero-order chi connectivity index (χ0) is 27.4. The highest BCUT2D eigenvalue weighted by molar-refractivity contribution is 7.22. The van der Waals surface area contributed by atoms with E-state index >= 15 is 0 Å². The number of ether oxygens (including phenoxy) is 2. The molecule has 8 heteroatoms. The maximum Gasteiger partial charge on any atom is 0.414 e. The summed E-state index contributed by atoms with van der Waals surface area (Å²) in [5.74, 6) is 1.19. The normalized spacial score (nSPS) is 13.8. The SMILES string of the molecule is CN(C)C(=O)Oc1ccc2c(C(=O)c3ccc(OCCN4CCCCC4)cc3)c(-c3ccc(O)cc3)sc2c1. The molecule has 1 saturated heterocycles. The molecular formula is C31H32N2O5S. The fourth-order valence-electron chi connectivity index (χ4n) is 4.70. The Morgan fingerprint density at radius 2 is 1.62 bits per heavy atom. The minimum atomic E-state index is -0.473. The highest BCUT2D eigenvalue weighted by Gasteiger charge is 2.22. The lowest BCUT2D eigenvalue weighted by molar-refractivity contribution is 0.104. The maximum atomic E-state index is 13.9. The van der Waals surface area contributed by atoms with Gasteiger partial charge in [-0.1, -0.05) is 6.42 Å². The Kier molecular flexibility index (Phi) is 8.14. The van der Waals surface area contributed by atoms with Crippen molar-refractivity contribution in [2.24, 2.45) is 0 Å². The standard InChI is InChI=1S/C31H32N2O5S/c1-32(2)31(36)38-25-14-15-26-27(20-25)39-30(22-6-10-23(34)11-7-22)28(26)29(35)21-8-12-24(13-9-21)37-19-18-33-16-4-3-5-17-33/h6-15,20,34H,3-5,16-19H2,1-2H3. The largest absolute Gasteiger partial charge is 0.508 e. The summed E-state index contributed by atoms with van der Waals surface area (Å²) in [4.78, 5) is 30.5. The summed E-state index contributed by atoms with van der Waals surface area (Å²) >= 11 is 1.45. The van der Waals surface area contributed by atoms with Crippen LogP contribution in [0.5, 0.6) is 17.2 Å². The maximum absolute atomic E-state index is 13.9. The van der Waals surface area contributed by atoms with Gasteiger partial charge < -0.3 is 19.5 Å². The smallest absolute Gasteiger partial charge is 0.414 e. The molecule has 2 heterocycles. The van der Waals surface area contributed by atoms with Crippen LogP contribution in [0.15, 0.2) is 66.7 Å². The fraction of sp³-hybridized carbons (Fsp3) is 0.290. The summed E-state index contributed by atoms with van der Waals surface area (Å²) in [6, 6.07) is 19.4. The zero-order valence-electron chi connectivity index (χ0n) is 22.2. The first kappa shape index (κ1) is 26.7. The van der Waals surface area contributed by atoms with Crippen molar-refractivity contribution in [3.63, 3.8) is 0 Å². The first-order valence-corrected chi connectivity index (χ1v) is 14.0. The van der Waals surface area contributed by atoms with Gasteiger partial charge in [-0.2, -0.15) is 0 Å². The second-order valence-corrected chi connectivity index (χ2v) is 10.9. The third-order valence-electron chi connectivity index (χ3n) is 6.83. The molecule has 1 N–H and O–H groups in total. The highest BCUT2D eigenvalue weighted by atomic mass is 32.1. The van der Waals surface area contributed by atoms with Crippen LogP contribution < -0.4 is 9.47 Å². The van der Waals surface area contributed by atoms with Gasteiger partial charge in [0.1, 0.15) is 23.9 Å². The van der Waals surface area contributed by atoms with Gasteiger partial charge in [0, 0.05) is 46.7 Å². The molecule has 0 atom stereocenters. The number of phenols is 1. The monoisotopic (exact) mass is 544 g/mol. The Morgan fingerprint density at radius 3 is 2.31 bits per heavy atom. The summed E-state index contributed by atoms with van der Waals surface area (Å²) in [5.41, 5.74) is 1.95. The number of phenolic OH excluding ortho intramolecular Hbond substituents is 1. The molecule has 1 aromatic heterocycles. The third-order valence-corrected chi connectivity index (χ3v) is 8.03.